The van der Waals surface area contributed by atoms with Gasteiger partial charge in [0.1, 0.15) is 5.60 Å². The van der Waals surface area contributed by atoms with E-state index < -0.39 is 11.6 Å². The smallest absolute Gasteiger partial charge is 0.410 e. The molecule has 2 fully saturated rings. The Bertz CT molecular complexity index is 1040. The second-order valence-corrected chi connectivity index (χ2v) is 12.5. The predicted molar refractivity (Wildman–Crippen MR) is 142 cm³/mol. The van der Waals surface area contributed by atoms with Crippen molar-refractivity contribution in [3.05, 3.63) is 51.5 Å². The van der Waals surface area contributed by atoms with Crippen LogP contribution in [0.15, 0.2) is 30.5 Å². The van der Waals surface area contributed by atoms with E-state index in [0.29, 0.717) is 17.4 Å². The van der Waals surface area contributed by atoms with Gasteiger partial charge in [-0.1, -0.05) is 12.1 Å². The molecule has 1 N–H and O–H groups in total. The van der Waals surface area contributed by atoms with Crippen LogP contribution in [0.5, 0.6) is 0 Å². The minimum absolute atomic E-state index is 0.187. The number of aromatic nitrogens is 1. The Morgan fingerprint density at radius 3 is 2.47 bits per heavy atom. The molecule has 7 nitrogen and oxygen atoms in total. The quantitative estimate of drug-likeness (QED) is 0.471. The van der Waals surface area contributed by atoms with Crippen LogP contribution in [0.4, 0.5) is 4.79 Å². The molecule has 36 heavy (non-hydrogen) atoms. The van der Waals surface area contributed by atoms with E-state index >= 15 is 0 Å². The number of aryl methyl sites for hydroxylation is 2. The first-order chi connectivity index (χ1) is 17.1. The minimum Gasteiger partial charge on any atom is -0.478 e. The van der Waals surface area contributed by atoms with Crippen molar-refractivity contribution in [1.29, 1.82) is 0 Å². The number of thiazole rings is 1. The normalized spacial score (nSPS) is 20.8. The topological polar surface area (TPSA) is 83.0 Å². The lowest BCUT2D eigenvalue weighted by Gasteiger charge is -2.35. The molecule has 2 atom stereocenters. The maximum atomic E-state index is 13.1. The molecule has 1 aliphatic carbocycles. The molecule has 1 saturated heterocycles. The first-order valence-corrected chi connectivity index (χ1v) is 13.9. The molecule has 0 radical (unpaired) electrons. The lowest BCUT2D eigenvalue weighted by molar-refractivity contribution is 0.0171. The van der Waals surface area contributed by atoms with Gasteiger partial charge in [0.05, 0.1) is 10.6 Å². The second kappa shape index (κ2) is 11.3. The summed E-state index contributed by atoms with van der Waals surface area (Å²) in [6.45, 7) is 11.7. The average molecular weight is 514 g/mol. The number of amides is 1. The molecule has 4 rings (SSSR count). The number of carboxylic acid groups (broad SMARTS) is 1. The zero-order valence-electron chi connectivity index (χ0n) is 21.9. The number of benzene rings is 1. The van der Waals surface area contributed by atoms with Crippen molar-refractivity contribution in [3.8, 4) is 0 Å². The van der Waals surface area contributed by atoms with Crippen molar-refractivity contribution < 1.29 is 19.4 Å². The molecule has 196 valence electrons. The van der Waals surface area contributed by atoms with E-state index in [-0.39, 0.29) is 12.1 Å². The van der Waals surface area contributed by atoms with Crippen LogP contribution in [-0.4, -0.2) is 69.8 Å². The van der Waals surface area contributed by atoms with Crippen LogP contribution < -0.4 is 0 Å². The van der Waals surface area contributed by atoms with Crippen LogP contribution in [0, 0.1) is 12.8 Å². The zero-order chi connectivity index (χ0) is 25.9. The Hall–Kier alpha value is -2.45. The molecular formula is C28H39N3O4S. The van der Waals surface area contributed by atoms with Crippen molar-refractivity contribution in [1.82, 2.24) is 14.8 Å². The zero-order valence-corrected chi connectivity index (χ0v) is 22.7. The van der Waals surface area contributed by atoms with Gasteiger partial charge in [0.25, 0.3) is 0 Å². The molecule has 1 amide bonds. The summed E-state index contributed by atoms with van der Waals surface area (Å²) >= 11 is 1.74. The van der Waals surface area contributed by atoms with Crippen molar-refractivity contribution in [2.24, 2.45) is 5.92 Å². The van der Waals surface area contributed by atoms with Gasteiger partial charge in [-0.3, -0.25) is 0 Å². The molecule has 1 aromatic carbocycles. The SMILES string of the molecule is Cc1ncc(C2CC2N(CC2CCN(CCCc3ccc(C(=O)O)cc3)CC2)C(=O)OC(C)(C)C)s1. The summed E-state index contributed by atoms with van der Waals surface area (Å²) in [5.41, 5.74) is 1.01. The summed E-state index contributed by atoms with van der Waals surface area (Å²) in [5.74, 6) is -0.0133. The molecule has 1 aliphatic heterocycles. The summed E-state index contributed by atoms with van der Waals surface area (Å²) in [6.07, 6.45) is 6.95. The van der Waals surface area contributed by atoms with Crippen LogP contribution in [0.25, 0.3) is 0 Å². The molecule has 2 aromatic rings. The van der Waals surface area contributed by atoms with Crippen LogP contribution >= 0.6 is 11.3 Å². The fourth-order valence-corrected chi connectivity index (χ4v) is 6.00. The number of carboxylic acids is 1. The Labute approximate surface area is 218 Å². The number of carbonyl (C=O) groups is 2. The highest BCUT2D eigenvalue weighted by atomic mass is 32.1. The highest BCUT2D eigenvalue weighted by Gasteiger charge is 2.47. The largest absolute Gasteiger partial charge is 0.478 e. The van der Waals surface area contributed by atoms with E-state index in [4.69, 9.17) is 9.84 Å². The van der Waals surface area contributed by atoms with Crippen LogP contribution in [0.2, 0.25) is 0 Å². The predicted octanol–water partition coefficient (Wildman–Crippen LogP) is 5.59. The molecular weight excluding hydrogens is 474 g/mol. The molecule has 2 unspecified atom stereocenters. The van der Waals surface area contributed by atoms with Gasteiger partial charge in [-0.15, -0.1) is 11.3 Å². The number of likely N-dealkylation sites (tertiary alicyclic amines) is 1. The second-order valence-electron chi connectivity index (χ2n) is 11.2. The number of rotatable bonds is 9. The lowest BCUT2D eigenvalue weighted by atomic mass is 9.95. The van der Waals surface area contributed by atoms with Gasteiger partial charge in [0.2, 0.25) is 0 Å². The van der Waals surface area contributed by atoms with Crippen molar-refractivity contribution in [2.45, 2.75) is 77.4 Å². The van der Waals surface area contributed by atoms with E-state index in [1.807, 2.05) is 50.9 Å². The van der Waals surface area contributed by atoms with E-state index in [1.54, 1.807) is 23.5 Å². The van der Waals surface area contributed by atoms with E-state index in [2.05, 4.69) is 9.88 Å². The third-order valence-electron chi connectivity index (χ3n) is 7.09. The third kappa shape index (κ3) is 7.29. The first-order valence-electron chi connectivity index (χ1n) is 13.1. The number of ether oxygens (including phenoxy) is 1. The molecule has 1 saturated carbocycles. The van der Waals surface area contributed by atoms with Crippen LogP contribution in [-0.2, 0) is 11.2 Å². The maximum Gasteiger partial charge on any atom is 0.410 e. The number of carbonyl (C=O) groups excluding carboxylic acids is 1. The first kappa shape index (κ1) is 26.6. The fraction of sp³-hybridized carbons (Fsp3) is 0.607. The average Bonchev–Trinajstić information content (AvgIpc) is 3.49. The van der Waals surface area contributed by atoms with Crippen LogP contribution in [0.1, 0.15) is 78.2 Å². The van der Waals surface area contributed by atoms with Gasteiger partial charge in [0.15, 0.2) is 0 Å². The molecule has 2 heterocycles. The Morgan fingerprint density at radius 1 is 1.19 bits per heavy atom. The minimum atomic E-state index is -0.884. The van der Waals surface area contributed by atoms with Gasteiger partial charge in [-0.2, -0.15) is 0 Å². The summed E-state index contributed by atoms with van der Waals surface area (Å²) in [5, 5.41) is 10.1. The van der Waals surface area contributed by atoms with E-state index in [9.17, 15) is 9.59 Å². The van der Waals surface area contributed by atoms with Gasteiger partial charge in [0, 0.05) is 29.6 Å². The standard InChI is InChI=1S/C28H39N3O4S/c1-19-29-17-25(36-19)23-16-24(23)31(27(34)35-28(2,3)4)18-21-11-14-30(15-12-21)13-5-6-20-7-9-22(10-8-20)26(32)33/h7-10,17,21,23-24H,5-6,11-16,18H2,1-4H3,(H,32,33). The molecule has 0 bridgehead atoms. The number of hydrogen-bond acceptors (Lipinski definition) is 6. The summed E-state index contributed by atoms with van der Waals surface area (Å²) in [4.78, 5) is 34.4. The highest BCUT2D eigenvalue weighted by Crippen LogP contribution is 2.47. The van der Waals surface area contributed by atoms with Crippen LogP contribution in [0.3, 0.4) is 0 Å². The van der Waals surface area contributed by atoms with E-state index in [0.717, 1.165) is 63.3 Å². The Balaban J connectivity index is 1.25. The third-order valence-corrected chi connectivity index (χ3v) is 8.14. The monoisotopic (exact) mass is 513 g/mol. The molecule has 8 heteroatoms. The van der Waals surface area contributed by atoms with Gasteiger partial charge in [-0.05, 0) is 103 Å². The number of piperidine rings is 1. The van der Waals surface area contributed by atoms with Gasteiger partial charge < -0.3 is 19.6 Å². The number of nitrogens with zero attached hydrogens (tertiary/aromatic N) is 3. The van der Waals surface area contributed by atoms with E-state index in [1.165, 1.54) is 10.4 Å². The van der Waals surface area contributed by atoms with Crippen molar-refractivity contribution in [3.63, 3.8) is 0 Å². The Morgan fingerprint density at radius 2 is 1.89 bits per heavy atom. The number of hydrogen-bond donors (Lipinski definition) is 1. The Kier molecular flexibility index (Phi) is 8.35. The molecule has 0 spiro atoms. The van der Waals surface area contributed by atoms with Crippen molar-refractivity contribution >= 4 is 23.4 Å². The number of aromatic carboxylic acids is 1. The van der Waals surface area contributed by atoms with Gasteiger partial charge in [-0.25, -0.2) is 14.6 Å². The summed E-state index contributed by atoms with van der Waals surface area (Å²) in [6, 6.07) is 7.41. The molecule has 2 aliphatic rings. The maximum absolute atomic E-state index is 13.1. The fourth-order valence-electron chi connectivity index (χ4n) is 5.04. The summed E-state index contributed by atoms with van der Waals surface area (Å²) < 4.78 is 5.80. The lowest BCUT2D eigenvalue weighted by Crippen LogP contribution is -2.44. The van der Waals surface area contributed by atoms with Gasteiger partial charge >= 0.3 is 12.1 Å². The molecule has 1 aromatic heterocycles. The highest BCUT2D eigenvalue weighted by molar-refractivity contribution is 7.11. The van der Waals surface area contributed by atoms with Crippen molar-refractivity contribution in [2.75, 3.05) is 26.2 Å². The summed E-state index contributed by atoms with van der Waals surface area (Å²) in [7, 11) is 0.